The van der Waals surface area contributed by atoms with E-state index in [2.05, 4.69) is 9.72 Å². The van der Waals surface area contributed by atoms with Crippen LogP contribution in [0.25, 0.3) is 0 Å². The molecule has 0 aliphatic heterocycles. The molecule has 20 heavy (non-hydrogen) atoms. The molecule has 2 atom stereocenters. The number of rotatable bonds is 5. The second kappa shape index (κ2) is 6.67. The molecular formula is C12H14F3NO4. The number of aliphatic hydroxyl groups excluding tert-OH is 2. The van der Waals surface area contributed by atoms with Crippen LogP contribution in [0, 0.1) is 0 Å². The fraction of sp³-hybridized carbons (Fsp3) is 0.500. The van der Waals surface area contributed by atoms with Gasteiger partial charge in [-0.05, 0) is 13.0 Å². The highest BCUT2D eigenvalue weighted by Crippen LogP contribution is 2.35. The number of halogens is 3. The lowest BCUT2D eigenvalue weighted by Crippen LogP contribution is -2.25. The number of alkyl halides is 3. The zero-order chi connectivity index (χ0) is 15.3. The maximum atomic E-state index is 12.7. The second-order valence-corrected chi connectivity index (χ2v) is 3.98. The molecule has 0 amide bonds. The molecule has 0 fully saturated rings. The Morgan fingerprint density at radius 2 is 2.10 bits per heavy atom. The van der Waals surface area contributed by atoms with Crippen LogP contribution in [0.4, 0.5) is 13.2 Å². The van der Waals surface area contributed by atoms with Crippen molar-refractivity contribution in [3.63, 3.8) is 0 Å². The zero-order valence-corrected chi connectivity index (χ0v) is 10.6. The van der Waals surface area contributed by atoms with Crippen molar-refractivity contribution in [3.05, 3.63) is 29.6 Å². The number of carbonyl (C=O) groups is 1. The number of hydrogen-bond acceptors (Lipinski definition) is 5. The molecule has 1 aromatic rings. The predicted octanol–water partition coefficient (Wildman–Crippen LogP) is 1.45. The first-order chi connectivity index (χ1) is 9.27. The van der Waals surface area contributed by atoms with Gasteiger partial charge in [0.25, 0.3) is 0 Å². The molecule has 0 saturated heterocycles. The Morgan fingerprint density at radius 3 is 2.65 bits per heavy atom. The summed E-state index contributed by atoms with van der Waals surface area (Å²) in [7, 11) is 0. The van der Waals surface area contributed by atoms with Gasteiger partial charge in [-0.15, -0.1) is 0 Å². The molecule has 5 nitrogen and oxygen atoms in total. The van der Waals surface area contributed by atoms with E-state index in [0.717, 1.165) is 12.4 Å². The lowest BCUT2D eigenvalue weighted by atomic mass is 9.99. The largest absolute Gasteiger partial charge is 0.466 e. The monoisotopic (exact) mass is 293 g/mol. The average molecular weight is 293 g/mol. The van der Waals surface area contributed by atoms with Crippen molar-refractivity contribution in [1.82, 2.24) is 4.98 Å². The maximum Gasteiger partial charge on any atom is 0.416 e. The number of aromatic nitrogens is 1. The van der Waals surface area contributed by atoms with Crippen LogP contribution in [0.3, 0.4) is 0 Å². The first-order valence-corrected chi connectivity index (χ1v) is 5.80. The Balaban J connectivity index is 2.92. The van der Waals surface area contributed by atoms with Crippen molar-refractivity contribution in [2.24, 2.45) is 0 Å². The van der Waals surface area contributed by atoms with Crippen LogP contribution in [0.2, 0.25) is 0 Å². The van der Waals surface area contributed by atoms with E-state index in [9.17, 15) is 28.2 Å². The Labute approximate surface area is 113 Å². The van der Waals surface area contributed by atoms with Crippen LogP contribution in [0.1, 0.15) is 30.6 Å². The molecule has 0 bridgehead atoms. The molecule has 112 valence electrons. The van der Waals surface area contributed by atoms with Gasteiger partial charge in [0.05, 0.1) is 24.7 Å². The van der Waals surface area contributed by atoms with Gasteiger partial charge in [0.2, 0.25) is 0 Å². The molecule has 2 N–H and O–H groups in total. The Morgan fingerprint density at radius 1 is 1.45 bits per heavy atom. The molecule has 0 spiro atoms. The summed E-state index contributed by atoms with van der Waals surface area (Å²) in [6.45, 7) is 1.62. The van der Waals surface area contributed by atoms with Gasteiger partial charge < -0.3 is 14.9 Å². The molecular weight excluding hydrogens is 279 g/mol. The molecule has 0 radical (unpaired) electrons. The fourth-order valence-electron chi connectivity index (χ4n) is 1.61. The number of esters is 1. The van der Waals surface area contributed by atoms with Crippen molar-refractivity contribution >= 4 is 5.97 Å². The molecule has 1 rings (SSSR count). The third kappa shape index (κ3) is 4.17. The average Bonchev–Trinajstić information content (AvgIpc) is 2.37. The van der Waals surface area contributed by atoms with Gasteiger partial charge in [-0.2, -0.15) is 13.2 Å². The van der Waals surface area contributed by atoms with Gasteiger partial charge >= 0.3 is 12.1 Å². The SMILES string of the molecule is CCOC(=O)CC(O)C(O)c1cnccc1C(F)(F)F. The number of ether oxygens (including phenoxy) is 1. The first-order valence-electron chi connectivity index (χ1n) is 5.80. The van der Waals surface area contributed by atoms with Crippen molar-refractivity contribution < 1.29 is 32.9 Å². The topological polar surface area (TPSA) is 79.7 Å². The highest BCUT2D eigenvalue weighted by molar-refractivity contribution is 5.70. The number of nitrogens with zero attached hydrogens (tertiary/aromatic N) is 1. The summed E-state index contributed by atoms with van der Waals surface area (Å²) in [6, 6.07) is 0.690. The molecule has 0 aliphatic rings. The molecule has 1 aromatic heterocycles. The van der Waals surface area contributed by atoms with E-state index in [-0.39, 0.29) is 6.61 Å². The van der Waals surface area contributed by atoms with E-state index in [1.54, 1.807) is 6.92 Å². The number of pyridine rings is 1. The summed E-state index contributed by atoms with van der Waals surface area (Å²) >= 11 is 0. The Hall–Kier alpha value is -1.67. The first kappa shape index (κ1) is 16.4. The highest BCUT2D eigenvalue weighted by Gasteiger charge is 2.36. The summed E-state index contributed by atoms with van der Waals surface area (Å²) in [5.41, 5.74) is -1.69. The van der Waals surface area contributed by atoms with Crippen molar-refractivity contribution in [2.45, 2.75) is 31.7 Å². The normalized spacial score (nSPS) is 14.7. The molecule has 0 aliphatic carbocycles. The minimum atomic E-state index is -4.69. The summed E-state index contributed by atoms with van der Waals surface area (Å²) in [5.74, 6) is -0.809. The van der Waals surface area contributed by atoms with Crippen LogP contribution in [0.5, 0.6) is 0 Å². The van der Waals surface area contributed by atoms with E-state index >= 15 is 0 Å². The standard InChI is InChI=1S/C12H14F3NO4/c1-2-20-10(18)5-9(17)11(19)7-6-16-4-3-8(7)12(13,14)15/h3-4,6,9,11,17,19H,2,5H2,1H3. The molecule has 1 heterocycles. The van der Waals surface area contributed by atoms with Crippen molar-refractivity contribution in [3.8, 4) is 0 Å². The second-order valence-electron chi connectivity index (χ2n) is 3.98. The molecule has 0 aromatic carbocycles. The Kier molecular flexibility index (Phi) is 5.46. The van der Waals surface area contributed by atoms with Gasteiger partial charge in [0.15, 0.2) is 0 Å². The quantitative estimate of drug-likeness (QED) is 0.803. The molecule has 0 saturated carbocycles. The van der Waals surface area contributed by atoms with Crippen LogP contribution in [-0.2, 0) is 15.7 Å². The number of aliphatic hydroxyl groups is 2. The van der Waals surface area contributed by atoms with Gasteiger partial charge in [-0.1, -0.05) is 0 Å². The zero-order valence-electron chi connectivity index (χ0n) is 10.6. The fourth-order valence-corrected chi connectivity index (χ4v) is 1.61. The van der Waals surface area contributed by atoms with Crippen molar-refractivity contribution in [1.29, 1.82) is 0 Å². The predicted molar refractivity (Wildman–Crippen MR) is 61.5 cm³/mol. The van der Waals surface area contributed by atoms with Crippen LogP contribution in [-0.4, -0.2) is 33.9 Å². The van der Waals surface area contributed by atoms with Gasteiger partial charge in [0.1, 0.15) is 6.10 Å². The Bertz CT molecular complexity index is 464. The lowest BCUT2D eigenvalue weighted by Gasteiger charge is -2.20. The minimum Gasteiger partial charge on any atom is -0.466 e. The summed E-state index contributed by atoms with van der Waals surface area (Å²) in [5, 5.41) is 19.4. The maximum absolute atomic E-state index is 12.7. The van der Waals surface area contributed by atoms with Crippen LogP contribution < -0.4 is 0 Å². The van der Waals surface area contributed by atoms with E-state index in [4.69, 9.17) is 0 Å². The molecule has 8 heteroatoms. The van der Waals surface area contributed by atoms with E-state index in [0.29, 0.717) is 6.07 Å². The van der Waals surface area contributed by atoms with E-state index in [1.807, 2.05) is 0 Å². The highest BCUT2D eigenvalue weighted by atomic mass is 19.4. The van der Waals surface area contributed by atoms with Crippen LogP contribution >= 0.6 is 0 Å². The third-order valence-electron chi connectivity index (χ3n) is 2.52. The lowest BCUT2D eigenvalue weighted by molar-refractivity contribution is -0.147. The van der Waals surface area contributed by atoms with Crippen molar-refractivity contribution in [2.75, 3.05) is 6.61 Å². The van der Waals surface area contributed by atoms with E-state index < -0.39 is 41.9 Å². The number of hydrogen-bond donors (Lipinski definition) is 2. The summed E-state index contributed by atoms with van der Waals surface area (Å²) in [4.78, 5) is 14.6. The number of carbonyl (C=O) groups excluding carboxylic acids is 1. The van der Waals surface area contributed by atoms with E-state index in [1.165, 1.54) is 0 Å². The smallest absolute Gasteiger partial charge is 0.416 e. The molecule has 2 unspecified atom stereocenters. The van der Waals surface area contributed by atoms with Gasteiger partial charge in [-0.3, -0.25) is 9.78 Å². The van der Waals surface area contributed by atoms with Gasteiger partial charge in [0, 0.05) is 18.0 Å². The van der Waals surface area contributed by atoms with Crippen LogP contribution in [0.15, 0.2) is 18.5 Å². The minimum absolute atomic E-state index is 0.0718. The third-order valence-corrected chi connectivity index (χ3v) is 2.52. The summed E-state index contributed by atoms with van der Waals surface area (Å²) in [6.07, 6.45) is -7.16. The summed E-state index contributed by atoms with van der Waals surface area (Å²) < 4.78 is 42.8. The van der Waals surface area contributed by atoms with Gasteiger partial charge in [-0.25, -0.2) is 0 Å².